The van der Waals surface area contributed by atoms with Crippen molar-refractivity contribution in [2.45, 2.75) is 32.3 Å². The lowest BCUT2D eigenvalue weighted by atomic mass is 10.0. The van der Waals surface area contributed by atoms with Gasteiger partial charge in [-0.3, -0.25) is 0 Å². The molecule has 0 N–H and O–H groups in total. The van der Waals surface area contributed by atoms with Crippen LogP contribution in [-0.2, 0) is 22.4 Å². The summed E-state index contributed by atoms with van der Waals surface area (Å²) in [6.45, 7) is 1.90. The molecule has 27 heavy (non-hydrogen) atoms. The minimum Gasteiger partial charge on any atom is -0.473 e. The van der Waals surface area contributed by atoms with Crippen LogP contribution in [0.1, 0.15) is 34.8 Å². The van der Waals surface area contributed by atoms with Gasteiger partial charge in [0.1, 0.15) is 11.3 Å². The second-order valence-electron chi connectivity index (χ2n) is 6.77. The van der Waals surface area contributed by atoms with Gasteiger partial charge in [0.05, 0.1) is 12.5 Å². The van der Waals surface area contributed by atoms with Gasteiger partial charge in [0.25, 0.3) is 0 Å². The van der Waals surface area contributed by atoms with Crippen molar-refractivity contribution in [3.8, 4) is 5.75 Å². The van der Waals surface area contributed by atoms with Crippen molar-refractivity contribution in [3.05, 3.63) is 75.1 Å². The fourth-order valence-electron chi connectivity index (χ4n) is 3.71. The van der Waals surface area contributed by atoms with E-state index in [1.165, 1.54) is 7.11 Å². The Bertz CT molecular complexity index is 1070. The van der Waals surface area contributed by atoms with Crippen molar-refractivity contribution in [3.63, 3.8) is 0 Å². The Morgan fingerprint density at radius 1 is 1.11 bits per heavy atom. The average Bonchev–Trinajstić information content (AvgIpc) is 3.16. The quantitative estimate of drug-likeness (QED) is 0.519. The molecule has 0 bridgehead atoms. The highest BCUT2D eigenvalue weighted by molar-refractivity contribution is 5.89. The molecule has 3 aromatic rings. The van der Waals surface area contributed by atoms with Crippen molar-refractivity contribution in [1.29, 1.82) is 0 Å². The van der Waals surface area contributed by atoms with Crippen LogP contribution in [-0.4, -0.2) is 13.1 Å². The van der Waals surface area contributed by atoms with Crippen LogP contribution in [0.5, 0.6) is 5.75 Å². The van der Waals surface area contributed by atoms with E-state index < -0.39 is 12.1 Å². The molecule has 2 aromatic carbocycles. The molecule has 1 aromatic heterocycles. The maximum Gasteiger partial charge on any atom is 0.351 e. The van der Waals surface area contributed by atoms with E-state index >= 15 is 0 Å². The number of aryl methyl sites for hydroxylation is 2. The summed E-state index contributed by atoms with van der Waals surface area (Å²) in [6.07, 6.45) is 1.52. The normalized spacial score (nSPS) is 14.0. The fourth-order valence-corrected chi connectivity index (χ4v) is 3.71. The maximum atomic E-state index is 12.4. The Labute approximate surface area is 156 Å². The van der Waals surface area contributed by atoms with E-state index in [1.807, 2.05) is 49.4 Å². The van der Waals surface area contributed by atoms with E-state index in [9.17, 15) is 9.59 Å². The fraction of sp³-hybridized carbons (Fsp3) is 0.273. The third kappa shape index (κ3) is 3.10. The van der Waals surface area contributed by atoms with Crippen molar-refractivity contribution < 1.29 is 18.7 Å². The van der Waals surface area contributed by atoms with Crippen molar-refractivity contribution >= 4 is 16.9 Å². The molecule has 0 fully saturated rings. The molecule has 0 radical (unpaired) electrons. The van der Waals surface area contributed by atoms with Crippen LogP contribution in [0.15, 0.2) is 51.7 Å². The molecular formula is C22H20O5. The zero-order valence-corrected chi connectivity index (χ0v) is 15.3. The number of ether oxygens (including phenoxy) is 2. The van der Waals surface area contributed by atoms with Gasteiger partial charge in [-0.1, -0.05) is 30.3 Å². The highest BCUT2D eigenvalue weighted by Gasteiger charge is 2.27. The largest absolute Gasteiger partial charge is 0.473 e. The van der Waals surface area contributed by atoms with Crippen LogP contribution in [0, 0.1) is 6.92 Å². The number of benzene rings is 2. The van der Waals surface area contributed by atoms with E-state index in [4.69, 9.17) is 13.9 Å². The second kappa shape index (κ2) is 6.91. The highest BCUT2D eigenvalue weighted by atomic mass is 16.6. The summed E-state index contributed by atoms with van der Waals surface area (Å²) in [7, 11) is 1.34. The Balaban J connectivity index is 1.89. The standard InChI is InChI=1S/C22H20O5/c1-13-11-17(26-20(22(24)25-2)14-7-4-3-5-8-14)19-15-9-6-10-16(15)21(23)27-18(19)12-13/h3-5,7-8,11-12,20H,6,9-10H2,1-2H3/t20-/m1/s1. The summed E-state index contributed by atoms with van der Waals surface area (Å²) in [5, 5.41) is 0.775. The first kappa shape index (κ1) is 17.3. The second-order valence-corrected chi connectivity index (χ2v) is 6.77. The molecule has 0 saturated carbocycles. The lowest BCUT2D eigenvalue weighted by molar-refractivity contribution is -0.149. The molecule has 0 unspecified atom stereocenters. The summed E-state index contributed by atoms with van der Waals surface area (Å²) in [5.41, 5.74) is 3.48. The predicted molar refractivity (Wildman–Crippen MR) is 101 cm³/mol. The monoisotopic (exact) mass is 364 g/mol. The minimum absolute atomic E-state index is 0.279. The molecular weight excluding hydrogens is 344 g/mol. The Hall–Kier alpha value is -3.08. The van der Waals surface area contributed by atoms with E-state index in [-0.39, 0.29) is 5.63 Å². The summed E-state index contributed by atoms with van der Waals surface area (Å²) < 4.78 is 16.7. The van der Waals surface area contributed by atoms with Crippen molar-refractivity contribution in [2.75, 3.05) is 7.11 Å². The van der Waals surface area contributed by atoms with Crippen LogP contribution in [0.25, 0.3) is 11.0 Å². The lowest BCUT2D eigenvalue weighted by Gasteiger charge is -2.19. The summed E-state index contributed by atoms with van der Waals surface area (Å²) in [6, 6.07) is 12.9. The van der Waals surface area contributed by atoms with Crippen molar-refractivity contribution in [2.24, 2.45) is 0 Å². The number of fused-ring (bicyclic) bond motifs is 3. The summed E-state index contributed by atoms with van der Waals surface area (Å²) >= 11 is 0. The molecule has 1 heterocycles. The van der Waals surface area contributed by atoms with Crippen molar-refractivity contribution in [1.82, 2.24) is 0 Å². The first-order chi connectivity index (χ1) is 13.1. The SMILES string of the molecule is COC(=O)[C@H](Oc1cc(C)cc2oc(=O)c3c(c12)CCC3)c1ccccc1. The maximum absolute atomic E-state index is 12.4. The predicted octanol–water partition coefficient (Wildman–Crippen LogP) is 3.88. The molecule has 1 aliphatic carbocycles. The highest BCUT2D eigenvalue weighted by Crippen LogP contribution is 2.37. The van der Waals surface area contributed by atoms with Gasteiger partial charge in [-0.15, -0.1) is 0 Å². The van der Waals surface area contributed by atoms with Gasteiger partial charge >= 0.3 is 11.6 Å². The third-order valence-corrected chi connectivity index (χ3v) is 4.94. The Morgan fingerprint density at radius 2 is 1.85 bits per heavy atom. The van der Waals surface area contributed by atoms with Crippen LogP contribution in [0.4, 0.5) is 0 Å². The molecule has 1 aliphatic rings. The summed E-state index contributed by atoms with van der Waals surface area (Å²) in [5.74, 6) is 0.0519. The number of hydrogen-bond donors (Lipinski definition) is 0. The van der Waals surface area contributed by atoms with E-state index in [0.29, 0.717) is 28.9 Å². The molecule has 1 atom stereocenters. The van der Waals surface area contributed by atoms with Gasteiger partial charge in [0.2, 0.25) is 6.10 Å². The number of carbonyl (C=O) groups is 1. The number of esters is 1. The molecule has 5 nitrogen and oxygen atoms in total. The molecule has 0 amide bonds. The number of hydrogen-bond acceptors (Lipinski definition) is 5. The molecule has 0 aliphatic heterocycles. The van der Waals surface area contributed by atoms with Gasteiger partial charge in [-0.2, -0.15) is 0 Å². The van der Waals surface area contributed by atoms with E-state index in [2.05, 4.69) is 0 Å². The average molecular weight is 364 g/mol. The molecule has 138 valence electrons. The topological polar surface area (TPSA) is 65.7 Å². The van der Waals surface area contributed by atoms with Gasteiger partial charge in [-0.25, -0.2) is 9.59 Å². The minimum atomic E-state index is -0.898. The van der Waals surface area contributed by atoms with Crippen LogP contribution in [0.2, 0.25) is 0 Å². The lowest BCUT2D eigenvalue weighted by Crippen LogP contribution is -2.20. The Kier molecular flexibility index (Phi) is 4.44. The molecule has 0 spiro atoms. The Morgan fingerprint density at radius 3 is 2.59 bits per heavy atom. The van der Waals surface area contributed by atoms with E-state index in [0.717, 1.165) is 29.4 Å². The third-order valence-electron chi connectivity index (χ3n) is 4.94. The zero-order valence-electron chi connectivity index (χ0n) is 15.3. The first-order valence-electron chi connectivity index (χ1n) is 8.97. The van der Waals surface area contributed by atoms with Gasteiger partial charge in [0, 0.05) is 11.1 Å². The first-order valence-corrected chi connectivity index (χ1v) is 8.97. The van der Waals surface area contributed by atoms with Crippen LogP contribution in [0.3, 0.4) is 0 Å². The zero-order chi connectivity index (χ0) is 19.0. The number of rotatable bonds is 4. The smallest absolute Gasteiger partial charge is 0.351 e. The number of methoxy groups -OCH3 is 1. The van der Waals surface area contributed by atoms with Gasteiger partial charge in [0.15, 0.2) is 0 Å². The van der Waals surface area contributed by atoms with E-state index in [1.54, 1.807) is 0 Å². The summed E-state index contributed by atoms with van der Waals surface area (Å²) in [4.78, 5) is 24.7. The van der Waals surface area contributed by atoms with Gasteiger partial charge < -0.3 is 13.9 Å². The molecule has 0 saturated heterocycles. The van der Waals surface area contributed by atoms with Crippen LogP contribution >= 0.6 is 0 Å². The van der Waals surface area contributed by atoms with Gasteiger partial charge in [-0.05, 0) is 49.4 Å². The molecule has 5 heteroatoms. The molecule has 4 rings (SSSR count). The number of carbonyl (C=O) groups excluding carboxylic acids is 1. The van der Waals surface area contributed by atoms with Crippen LogP contribution < -0.4 is 10.4 Å².